The van der Waals surface area contributed by atoms with E-state index in [2.05, 4.69) is 10.6 Å². The molecule has 2 heterocycles. The summed E-state index contributed by atoms with van der Waals surface area (Å²) in [5.41, 5.74) is 3.92. The first-order valence-electron chi connectivity index (χ1n) is 13.3. The van der Waals surface area contributed by atoms with Gasteiger partial charge in [-0.1, -0.05) is 30.3 Å². The van der Waals surface area contributed by atoms with Crippen molar-refractivity contribution in [3.63, 3.8) is 0 Å². The third-order valence-corrected chi connectivity index (χ3v) is 8.19. The van der Waals surface area contributed by atoms with Gasteiger partial charge in [-0.3, -0.25) is 13.9 Å². The van der Waals surface area contributed by atoms with Crippen molar-refractivity contribution in [3.8, 4) is 11.5 Å². The summed E-state index contributed by atoms with van der Waals surface area (Å²) in [6.45, 7) is 1.38. The van der Waals surface area contributed by atoms with Crippen LogP contribution in [0.1, 0.15) is 11.1 Å². The van der Waals surface area contributed by atoms with E-state index >= 15 is 0 Å². The molecule has 2 aliphatic heterocycles. The Kier molecular flexibility index (Phi) is 8.36. The Bertz CT molecular complexity index is 1620. The molecule has 0 aliphatic carbocycles. The van der Waals surface area contributed by atoms with Crippen LogP contribution in [0.15, 0.2) is 66.7 Å². The van der Waals surface area contributed by atoms with E-state index < -0.39 is 10.0 Å². The average molecular weight is 593 g/mol. The predicted molar refractivity (Wildman–Crippen MR) is 161 cm³/mol. The number of ether oxygens (including phenoxy) is 3. The molecule has 0 aromatic heterocycles. The number of nitrogens with one attached hydrogen (secondary N) is 2. The van der Waals surface area contributed by atoms with E-state index in [0.717, 1.165) is 16.1 Å². The standard InChI is InChI=1S/C30H32N4O7S/c1-39-25-17-23-24(18-26(25)40-2)32-30(36)28(23)29(20-7-5-4-6-8-20)31-21-9-11-22(12-10-21)34(42(3,37)38)19-27(35)33-13-15-41-16-14-33/h4-12,17-18,31H,13-16,19H2,1-3H3,(H,32,36). The van der Waals surface area contributed by atoms with Crippen LogP contribution in [0.2, 0.25) is 0 Å². The molecule has 12 heteroatoms. The van der Waals surface area contributed by atoms with Gasteiger partial charge in [-0.25, -0.2) is 8.42 Å². The van der Waals surface area contributed by atoms with Gasteiger partial charge in [0.25, 0.3) is 5.91 Å². The number of anilines is 3. The molecule has 0 bridgehead atoms. The van der Waals surface area contributed by atoms with Crippen molar-refractivity contribution in [1.29, 1.82) is 0 Å². The first-order chi connectivity index (χ1) is 20.2. The zero-order valence-electron chi connectivity index (χ0n) is 23.5. The third kappa shape index (κ3) is 6.04. The van der Waals surface area contributed by atoms with Gasteiger partial charge in [0, 0.05) is 30.4 Å². The minimum absolute atomic E-state index is 0.292. The van der Waals surface area contributed by atoms with E-state index in [0.29, 0.717) is 71.7 Å². The number of fused-ring (bicyclic) bond motifs is 1. The monoisotopic (exact) mass is 592 g/mol. The maximum atomic E-state index is 13.3. The molecule has 220 valence electrons. The second kappa shape index (κ2) is 12.1. The first kappa shape index (κ1) is 29.0. The van der Waals surface area contributed by atoms with Crippen LogP contribution in [0.5, 0.6) is 11.5 Å². The van der Waals surface area contributed by atoms with Gasteiger partial charge in [0.15, 0.2) is 11.5 Å². The zero-order chi connectivity index (χ0) is 29.9. The van der Waals surface area contributed by atoms with E-state index in [-0.39, 0.29) is 18.4 Å². The van der Waals surface area contributed by atoms with Gasteiger partial charge in [-0.2, -0.15) is 0 Å². The van der Waals surface area contributed by atoms with Gasteiger partial charge in [0.05, 0.1) is 56.3 Å². The van der Waals surface area contributed by atoms with E-state index in [1.165, 1.54) is 14.2 Å². The number of hydrogen-bond donors (Lipinski definition) is 2. The van der Waals surface area contributed by atoms with Gasteiger partial charge in [0.1, 0.15) is 6.54 Å². The summed E-state index contributed by atoms with van der Waals surface area (Å²) < 4.78 is 42.6. The molecule has 5 rings (SSSR count). The lowest BCUT2D eigenvalue weighted by Gasteiger charge is -2.30. The number of amides is 2. The quantitative estimate of drug-likeness (QED) is 0.363. The largest absolute Gasteiger partial charge is 0.493 e. The van der Waals surface area contributed by atoms with Gasteiger partial charge in [0.2, 0.25) is 15.9 Å². The van der Waals surface area contributed by atoms with Crippen molar-refractivity contribution in [1.82, 2.24) is 4.90 Å². The summed E-state index contributed by atoms with van der Waals surface area (Å²) >= 11 is 0. The molecule has 3 aromatic rings. The fourth-order valence-corrected chi connectivity index (χ4v) is 5.77. The molecule has 1 saturated heterocycles. The second-order valence-electron chi connectivity index (χ2n) is 9.76. The minimum atomic E-state index is -3.75. The third-order valence-electron chi connectivity index (χ3n) is 7.05. The molecule has 2 aliphatic rings. The fourth-order valence-electron chi connectivity index (χ4n) is 4.92. The molecule has 1 fully saturated rings. The Morgan fingerprint density at radius 1 is 1.00 bits per heavy atom. The lowest BCUT2D eigenvalue weighted by molar-refractivity contribution is -0.133. The summed E-state index contributed by atoms with van der Waals surface area (Å²) in [6.07, 6.45) is 1.07. The van der Waals surface area contributed by atoms with Crippen molar-refractivity contribution in [2.75, 3.05) is 68.3 Å². The topological polar surface area (TPSA) is 127 Å². The summed E-state index contributed by atoms with van der Waals surface area (Å²) in [5, 5.41) is 6.27. The predicted octanol–water partition coefficient (Wildman–Crippen LogP) is 3.26. The number of rotatable bonds is 9. The summed E-state index contributed by atoms with van der Waals surface area (Å²) in [6, 6.07) is 19.5. The lowest BCUT2D eigenvalue weighted by Crippen LogP contribution is -2.47. The molecule has 2 N–H and O–H groups in total. The fraction of sp³-hybridized carbons (Fsp3) is 0.267. The van der Waals surface area contributed by atoms with Crippen LogP contribution in [-0.2, 0) is 24.3 Å². The Morgan fingerprint density at radius 3 is 2.26 bits per heavy atom. The molecular formula is C30H32N4O7S. The first-order valence-corrected chi connectivity index (χ1v) is 15.1. The highest BCUT2D eigenvalue weighted by Crippen LogP contribution is 2.43. The molecule has 0 radical (unpaired) electrons. The molecule has 42 heavy (non-hydrogen) atoms. The maximum Gasteiger partial charge on any atom is 0.258 e. The van der Waals surface area contributed by atoms with Crippen LogP contribution in [0, 0.1) is 0 Å². The van der Waals surface area contributed by atoms with Crippen LogP contribution < -0.4 is 24.4 Å². The number of carbonyl (C=O) groups is 2. The van der Waals surface area contributed by atoms with Gasteiger partial charge in [-0.05, 0) is 35.9 Å². The van der Waals surface area contributed by atoms with Crippen LogP contribution in [-0.4, -0.2) is 78.5 Å². The van der Waals surface area contributed by atoms with Crippen molar-refractivity contribution < 1.29 is 32.2 Å². The summed E-state index contributed by atoms with van der Waals surface area (Å²) in [5.74, 6) is 0.382. The van der Waals surface area contributed by atoms with Gasteiger partial charge < -0.3 is 29.7 Å². The van der Waals surface area contributed by atoms with Crippen molar-refractivity contribution in [3.05, 3.63) is 77.9 Å². The second-order valence-corrected chi connectivity index (χ2v) is 11.7. The number of morpholine rings is 1. The molecule has 0 saturated carbocycles. The van der Waals surface area contributed by atoms with Gasteiger partial charge >= 0.3 is 0 Å². The van der Waals surface area contributed by atoms with E-state index in [4.69, 9.17) is 14.2 Å². The SMILES string of the molecule is COc1cc2c(cc1OC)C(=C(Nc1ccc(N(CC(=O)N3CCOCC3)S(C)(=O)=O)cc1)c1ccccc1)C(=O)N2. The highest BCUT2D eigenvalue weighted by Gasteiger charge is 2.31. The van der Waals surface area contributed by atoms with Crippen LogP contribution in [0.25, 0.3) is 11.3 Å². The van der Waals surface area contributed by atoms with Crippen molar-refractivity contribution in [2.24, 2.45) is 0 Å². The number of methoxy groups -OCH3 is 2. The number of hydrogen-bond acceptors (Lipinski definition) is 8. The molecule has 0 unspecified atom stereocenters. The van der Waals surface area contributed by atoms with E-state index in [9.17, 15) is 18.0 Å². The van der Waals surface area contributed by atoms with Crippen LogP contribution in [0.4, 0.5) is 17.1 Å². The van der Waals surface area contributed by atoms with E-state index in [1.54, 1.807) is 41.3 Å². The number of sulfonamides is 1. The summed E-state index contributed by atoms with van der Waals surface area (Å²) in [7, 11) is -0.686. The number of benzene rings is 3. The van der Waals surface area contributed by atoms with Crippen LogP contribution >= 0.6 is 0 Å². The maximum absolute atomic E-state index is 13.3. The normalized spacial score (nSPS) is 15.9. The molecule has 3 aromatic carbocycles. The van der Waals surface area contributed by atoms with Crippen LogP contribution in [0.3, 0.4) is 0 Å². The average Bonchev–Trinajstić information content (AvgIpc) is 3.32. The Labute approximate surface area is 244 Å². The van der Waals surface area contributed by atoms with Crippen molar-refractivity contribution in [2.45, 2.75) is 0 Å². The Hall–Kier alpha value is -4.55. The highest BCUT2D eigenvalue weighted by molar-refractivity contribution is 7.92. The van der Waals surface area contributed by atoms with Gasteiger partial charge in [-0.15, -0.1) is 0 Å². The molecule has 0 spiro atoms. The van der Waals surface area contributed by atoms with E-state index in [1.807, 2.05) is 30.3 Å². The molecule has 0 atom stereocenters. The number of carbonyl (C=O) groups excluding carboxylic acids is 2. The Balaban J connectivity index is 1.49. The minimum Gasteiger partial charge on any atom is -0.493 e. The smallest absolute Gasteiger partial charge is 0.258 e. The molecular weight excluding hydrogens is 560 g/mol. The highest BCUT2D eigenvalue weighted by atomic mass is 32.2. The molecule has 2 amide bonds. The lowest BCUT2D eigenvalue weighted by atomic mass is 9.99. The number of nitrogens with zero attached hydrogens (tertiary/aromatic N) is 2. The Morgan fingerprint density at radius 2 is 1.64 bits per heavy atom. The molecule has 11 nitrogen and oxygen atoms in total. The van der Waals surface area contributed by atoms with Crippen molar-refractivity contribution >= 4 is 50.2 Å². The summed E-state index contributed by atoms with van der Waals surface area (Å²) in [4.78, 5) is 27.8. The zero-order valence-corrected chi connectivity index (χ0v) is 24.4.